The summed E-state index contributed by atoms with van der Waals surface area (Å²) in [6.45, 7) is 0.294. The van der Waals surface area contributed by atoms with Crippen LogP contribution in [-0.4, -0.2) is 54.2 Å². The smallest absolute Gasteiger partial charge is 0.222 e. The van der Waals surface area contributed by atoms with Crippen molar-refractivity contribution >= 4 is 5.91 Å². The highest BCUT2D eigenvalue weighted by Gasteiger charge is 2.39. The summed E-state index contributed by atoms with van der Waals surface area (Å²) in [4.78, 5) is 11.7. The number of methoxy groups -OCH3 is 1. The molecule has 2 rings (SSSR count). The summed E-state index contributed by atoms with van der Waals surface area (Å²) in [6.07, 6.45) is -1.88. The van der Waals surface area contributed by atoms with Crippen LogP contribution in [0.1, 0.15) is 19.3 Å². The van der Waals surface area contributed by atoms with E-state index in [0.29, 0.717) is 25.2 Å². The van der Waals surface area contributed by atoms with E-state index in [9.17, 15) is 19.4 Å². The van der Waals surface area contributed by atoms with E-state index >= 15 is 0 Å². The summed E-state index contributed by atoms with van der Waals surface area (Å²) < 4.78 is 23.5. The standard InChI is InChI=1S/C16H22FNO5/c1-22-8-7-14(19)18-12-5-6-13(16(21)15(12)20)23-11-4-2-3-10(17)9-11/h2-4,9,12-13,15-16,20-21H,5-8H2,1H3,(H,18,19)/t12-,13-,15-,16-/m1/s1. The first-order valence-electron chi connectivity index (χ1n) is 7.58. The molecule has 1 aliphatic carbocycles. The van der Waals surface area contributed by atoms with Gasteiger partial charge in [0, 0.05) is 19.6 Å². The van der Waals surface area contributed by atoms with Crippen molar-refractivity contribution in [2.45, 2.75) is 43.6 Å². The Balaban J connectivity index is 1.90. The van der Waals surface area contributed by atoms with E-state index in [0.717, 1.165) is 0 Å². The molecule has 7 heteroatoms. The van der Waals surface area contributed by atoms with Gasteiger partial charge in [-0.2, -0.15) is 0 Å². The first-order chi connectivity index (χ1) is 11.0. The van der Waals surface area contributed by atoms with Crippen molar-refractivity contribution in [3.63, 3.8) is 0 Å². The minimum atomic E-state index is -1.17. The van der Waals surface area contributed by atoms with Gasteiger partial charge in [0.1, 0.15) is 29.9 Å². The highest BCUT2D eigenvalue weighted by molar-refractivity contribution is 5.76. The van der Waals surface area contributed by atoms with Crippen LogP contribution in [0, 0.1) is 5.82 Å². The van der Waals surface area contributed by atoms with Crippen LogP contribution in [0.2, 0.25) is 0 Å². The lowest BCUT2D eigenvalue weighted by Gasteiger charge is -2.37. The fraction of sp³-hybridized carbons (Fsp3) is 0.562. The van der Waals surface area contributed by atoms with E-state index in [1.165, 1.54) is 25.3 Å². The third kappa shape index (κ3) is 4.89. The topological polar surface area (TPSA) is 88.0 Å². The monoisotopic (exact) mass is 327 g/mol. The van der Waals surface area contributed by atoms with Crippen molar-refractivity contribution in [1.29, 1.82) is 0 Å². The number of carbonyl (C=O) groups excluding carboxylic acids is 1. The molecular weight excluding hydrogens is 305 g/mol. The van der Waals surface area contributed by atoms with Crippen molar-refractivity contribution < 1.29 is 28.9 Å². The summed E-state index contributed by atoms with van der Waals surface area (Å²) in [5.74, 6) is -0.381. The largest absolute Gasteiger partial charge is 0.488 e. The van der Waals surface area contributed by atoms with E-state index in [4.69, 9.17) is 9.47 Å². The predicted molar refractivity (Wildman–Crippen MR) is 80.5 cm³/mol. The fourth-order valence-corrected chi connectivity index (χ4v) is 2.62. The molecule has 0 saturated heterocycles. The van der Waals surface area contributed by atoms with Crippen LogP contribution in [0.25, 0.3) is 0 Å². The summed E-state index contributed by atoms with van der Waals surface area (Å²) in [5, 5.41) is 23.0. The third-order valence-corrected chi connectivity index (χ3v) is 3.87. The van der Waals surface area contributed by atoms with Crippen molar-refractivity contribution in [3.05, 3.63) is 30.1 Å². The van der Waals surface area contributed by atoms with Crippen LogP contribution in [0.15, 0.2) is 24.3 Å². The molecule has 0 aromatic heterocycles. The highest BCUT2D eigenvalue weighted by atomic mass is 19.1. The van der Waals surface area contributed by atoms with Crippen molar-refractivity contribution in [3.8, 4) is 5.75 Å². The summed E-state index contributed by atoms with van der Waals surface area (Å²) in [7, 11) is 1.50. The molecule has 0 unspecified atom stereocenters. The number of nitrogens with one attached hydrogen (secondary N) is 1. The third-order valence-electron chi connectivity index (χ3n) is 3.87. The molecule has 128 valence electrons. The summed E-state index contributed by atoms with van der Waals surface area (Å²) in [6, 6.07) is 5.07. The molecule has 4 atom stereocenters. The minimum absolute atomic E-state index is 0.193. The molecule has 0 bridgehead atoms. The Hall–Kier alpha value is -1.70. The molecule has 1 aliphatic rings. The number of amides is 1. The highest BCUT2D eigenvalue weighted by Crippen LogP contribution is 2.25. The zero-order chi connectivity index (χ0) is 16.8. The SMILES string of the molecule is COCCC(=O)N[C@@H]1CC[C@@H](Oc2cccc(F)c2)[C@@H](O)[C@@H]1O. The molecule has 1 fully saturated rings. The quantitative estimate of drug-likeness (QED) is 0.712. The van der Waals surface area contributed by atoms with Crippen molar-refractivity contribution in [2.75, 3.05) is 13.7 Å². The molecule has 6 nitrogen and oxygen atoms in total. The Labute approximate surface area is 134 Å². The van der Waals surface area contributed by atoms with Gasteiger partial charge in [0.2, 0.25) is 5.91 Å². The zero-order valence-electron chi connectivity index (χ0n) is 12.9. The number of hydrogen-bond donors (Lipinski definition) is 3. The molecule has 1 aromatic carbocycles. The lowest BCUT2D eigenvalue weighted by atomic mass is 9.87. The zero-order valence-corrected chi connectivity index (χ0v) is 12.9. The molecule has 1 amide bonds. The minimum Gasteiger partial charge on any atom is -0.488 e. The van der Waals surface area contributed by atoms with E-state index in [1.807, 2.05) is 0 Å². The van der Waals surface area contributed by atoms with Gasteiger partial charge in [-0.25, -0.2) is 4.39 Å². The van der Waals surface area contributed by atoms with Gasteiger partial charge in [0.25, 0.3) is 0 Å². The number of benzene rings is 1. The second-order valence-electron chi connectivity index (χ2n) is 5.59. The maximum Gasteiger partial charge on any atom is 0.222 e. The lowest BCUT2D eigenvalue weighted by molar-refractivity contribution is -0.128. The van der Waals surface area contributed by atoms with Gasteiger partial charge >= 0.3 is 0 Å². The Morgan fingerprint density at radius 3 is 2.83 bits per heavy atom. The summed E-state index contributed by atoms with van der Waals surface area (Å²) in [5.41, 5.74) is 0. The van der Waals surface area contributed by atoms with E-state index < -0.39 is 30.2 Å². The van der Waals surface area contributed by atoms with Crippen molar-refractivity contribution in [2.24, 2.45) is 0 Å². The summed E-state index contributed by atoms with van der Waals surface area (Å²) >= 11 is 0. The molecule has 3 N–H and O–H groups in total. The second-order valence-corrected chi connectivity index (χ2v) is 5.59. The second kappa shape index (κ2) is 8.24. The lowest BCUT2D eigenvalue weighted by Crippen LogP contribution is -2.57. The Bertz CT molecular complexity index is 527. The molecule has 0 aliphatic heterocycles. The number of halogens is 1. The molecule has 23 heavy (non-hydrogen) atoms. The van der Waals surface area contributed by atoms with E-state index in [-0.39, 0.29) is 12.3 Å². The number of rotatable bonds is 6. The average Bonchev–Trinajstić information content (AvgIpc) is 2.52. The number of ether oxygens (including phenoxy) is 2. The van der Waals surface area contributed by atoms with Crippen LogP contribution in [0.4, 0.5) is 4.39 Å². The Morgan fingerprint density at radius 2 is 2.13 bits per heavy atom. The van der Waals surface area contributed by atoms with Gasteiger partial charge in [-0.05, 0) is 25.0 Å². The molecule has 1 saturated carbocycles. The van der Waals surface area contributed by atoms with Crippen LogP contribution >= 0.6 is 0 Å². The molecular formula is C16H22FNO5. The predicted octanol–water partition coefficient (Wildman–Crippen LogP) is 0.610. The van der Waals surface area contributed by atoms with Gasteiger partial charge in [-0.3, -0.25) is 4.79 Å². The normalized spacial score (nSPS) is 27.5. The van der Waals surface area contributed by atoms with Gasteiger partial charge < -0.3 is 25.0 Å². The Morgan fingerprint density at radius 1 is 1.35 bits per heavy atom. The first kappa shape index (κ1) is 17.7. The first-order valence-corrected chi connectivity index (χ1v) is 7.58. The van der Waals surface area contributed by atoms with Gasteiger partial charge in [-0.15, -0.1) is 0 Å². The van der Waals surface area contributed by atoms with Gasteiger partial charge in [0.15, 0.2) is 0 Å². The fourth-order valence-electron chi connectivity index (χ4n) is 2.62. The number of carbonyl (C=O) groups is 1. The van der Waals surface area contributed by atoms with E-state index in [1.54, 1.807) is 6.07 Å². The van der Waals surface area contributed by atoms with Gasteiger partial charge in [-0.1, -0.05) is 6.07 Å². The Kier molecular flexibility index (Phi) is 6.32. The van der Waals surface area contributed by atoms with Crippen LogP contribution < -0.4 is 10.1 Å². The van der Waals surface area contributed by atoms with E-state index in [2.05, 4.69) is 5.32 Å². The average molecular weight is 327 g/mol. The van der Waals surface area contributed by atoms with Crippen LogP contribution in [-0.2, 0) is 9.53 Å². The maximum atomic E-state index is 13.2. The molecule has 1 aromatic rings. The number of aliphatic hydroxyl groups is 2. The number of aliphatic hydroxyl groups excluding tert-OH is 2. The molecule has 0 spiro atoms. The molecule has 0 heterocycles. The molecule has 0 radical (unpaired) electrons. The van der Waals surface area contributed by atoms with Crippen molar-refractivity contribution in [1.82, 2.24) is 5.32 Å². The number of hydrogen-bond acceptors (Lipinski definition) is 5. The van der Waals surface area contributed by atoms with Crippen LogP contribution in [0.5, 0.6) is 5.75 Å². The van der Waals surface area contributed by atoms with Crippen LogP contribution in [0.3, 0.4) is 0 Å². The maximum absolute atomic E-state index is 13.2. The van der Waals surface area contributed by atoms with Gasteiger partial charge in [0.05, 0.1) is 12.6 Å².